The SMILES string of the molecule is CCCNC(CSC(C)CC)Cc1nccn1C. The van der Waals surface area contributed by atoms with Crippen LogP contribution in [0.25, 0.3) is 0 Å². The Hall–Kier alpha value is -0.480. The number of rotatable bonds is 9. The van der Waals surface area contributed by atoms with E-state index in [9.17, 15) is 0 Å². The largest absolute Gasteiger partial charge is 0.338 e. The van der Waals surface area contributed by atoms with Crippen molar-refractivity contribution in [3.63, 3.8) is 0 Å². The Balaban J connectivity index is 2.47. The predicted molar refractivity (Wildman–Crippen MR) is 81.2 cm³/mol. The number of imidazole rings is 1. The quantitative estimate of drug-likeness (QED) is 0.747. The Kier molecular flexibility index (Phi) is 7.44. The third kappa shape index (κ3) is 5.44. The molecule has 104 valence electrons. The first-order chi connectivity index (χ1) is 8.67. The molecule has 0 amide bonds. The molecule has 0 saturated heterocycles. The highest BCUT2D eigenvalue weighted by atomic mass is 32.2. The average molecular weight is 269 g/mol. The fourth-order valence-electron chi connectivity index (χ4n) is 1.75. The van der Waals surface area contributed by atoms with E-state index in [1.807, 2.05) is 12.4 Å². The van der Waals surface area contributed by atoms with E-state index in [0.29, 0.717) is 6.04 Å². The van der Waals surface area contributed by atoms with E-state index in [-0.39, 0.29) is 0 Å². The lowest BCUT2D eigenvalue weighted by molar-refractivity contribution is 0.531. The van der Waals surface area contributed by atoms with Gasteiger partial charge in [-0.25, -0.2) is 4.98 Å². The van der Waals surface area contributed by atoms with Crippen molar-refractivity contribution in [2.45, 2.75) is 51.3 Å². The van der Waals surface area contributed by atoms with Crippen LogP contribution < -0.4 is 5.32 Å². The Bertz CT molecular complexity index is 325. The molecule has 0 bridgehead atoms. The Morgan fingerprint density at radius 2 is 2.22 bits per heavy atom. The second-order valence-corrected chi connectivity index (χ2v) is 6.33. The number of nitrogens with one attached hydrogen (secondary N) is 1. The van der Waals surface area contributed by atoms with Crippen LogP contribution in [0.15, 0.2) is 12.4 Å². The summed E-state index contributed by atoms with van der Waals surface area (Å²) in [6.45, 7) is 7.87. The summed E-state index contributed by atoms with van der Waals surface area (Å²) in [5.41, 5.74) is 0. The van der Waals surface area contributed by atoms with Gasteiger partial charge in [0.1, 0.15) is 5.82 Å². The van der Waals surface area contributed by atoms with E-state index in [2.05, 4.69) is 54.4 Å². The van der Waals surface area contributed by atoms with E-state index in [0.717, 1.165) is 18.2 Å². The molecule has 0 aliphatic heterocycles. The second kappa shape index (κ2) is 8.59. The molecule has 1 aromatic heterocycles. The van der Waals surface area contributed by atoms with Crippen molar-refractivity contribution in [2.75, 3.05) is 12.3 Å². The van der Waals surface area contributed by atoms with Crippen LogP contribution in [-0.2, 0) is 13.5 Å². The van der Waals surface area contributed by atoms with Gasteiger partial charge in [0.05, 0.1) is 0 Å². The van der Waals surface area contributed by atoms with Crippen LogP contribution >= 0.6 is 11.8 Å². The van der Waals surface area contributed by atoms with Gasteiger partial charge >= 0.3 is 0 Å². The minimum atomic E-state index is 0.532. The number of nitrogens with zero attached hydrogens (tertiary/aromatic N) is 2. The van der Waals surface area contributed by atoms with Crippen molar-refractivity contribution in [3.05, 3.63) is 18.2 Å². The van der Waals surface area contributed by atoms with E-state index in [4.69, 9.17) is 0 Å². The lowest BCUT2D eigenvalue weighted by Crippen LogP contribution is -2.35. The second-order valence-electron chi connectivity index (χ2n) is 4.86. The standard InChI is InChI=1S/C14H27N3S/c1-5-7-15-13(11-18-12(3)6-2)10-14-16-8-9-17(14)4/h8-9,12-13,15H,5-7,10-11H2,1-4H3. The van der Waals surface area contributed by atoms with Gasteiger partial charge < -0.3 is 9.88 Å². The molecule has 0 saturated carbocycles. The van der Waals surface area contributed by atoms with E-state index in [1.54, 1.807) is 0 Å². The maximum atomic E-state index is 4.42. The molecule has 2 atom stereocenters. The molecule has 3 nitrogen and oxygen atoms in total. The van der Waals surface area contributed by atoms with Crippen molar-refractivity contribution in [1.29, 1.82) is 0 Å². The van der Waals surface area contributed by atoms with Crippen LogP contribution in [0, 0.1) is 0 Å². The van der Waals surface area contributed by atoms with Gasteiger partial charge in [-0.2, -0.15) is 11.8 Å². The smallest absolute Gasteiger partial charge is 0.109 e. The van der Waals surface area contributed by atoms with Gasteiger partial charge in [-0.15, -0.1) is 0 Å². The van der Waals surface area contributed by atoms with Crippen LogP contribution in [-0.4, -0.2) is 33.1 Å². The van der Waals surface area contributed by atoms with Crippen LogP contribution in [0.2, 0.25) is 0 Å². The van der Waals surface area contributed by atoms with Crippen molar-refractivity contribution in [3.8, 4) is 0 Å². The van der Waals surface area contributed by atoms with Crippen molar-refractivity contribution in [2.24, 2.45) is 7.05 Å². The molecule has 0 fully saturated rings. The number of hydrogen-bond donors (Lipinski definition) is 1. The van der Waals surface area contributed by atoms with Crippen molar-refractivity contribution < 1.29 is 0 Å². The summed E-state index contributed by atoms with van der Waals surface area (Å²) in [4.78, 5) is 4.42. The highest BCUT2D eigenvalue weighted by molar-refractivity contribution is 7.99. The third-order valence-corrected chi connectivity index (χ3v) is 4.69. The summed E-state index contributed by atoms with van der Waals surface area (Å²) in [6, 6.07) is 0.532. The first kappa shape index (κ1) is 15.6. The lowest BCUT2D eigenvalue weighted by Gasteiger charge is -2.19. The zero-order valence-corrected chi connectivity index (χ0v) is 13.0. The molecule has 1 aromatic rings. The first-order valence-electron chi connectivity index (χ1n) is 6.98. The third-order valence-electron chi connectivity index (χ3n) is 3.19. The van der Waals surface area contributed by atoms with Gasteiger partial charge in [0.25, 0.3) is 0 Å². The molecule has 0 aliphatic rings. The van der Waals surface area contributed by atoms with Crippen LogP contribution in [0.4, 0.5) is 0 Å². The monoisotopic (exact) mass is 269 g/mol. The minimum absolute atomic E-state index is 0.532. The van der Waals surface area contributed by atoms with Gasteiger partial charge in [0.15, 0.2) is 0 Å². The topological polar surface area (TPSA) is 29.9 Å². The van der Waals surface area contributed by atoms with Gasteiger partial charge in [-0.1, -0.05) is 20.8 Å². The van der Waals surface area contributed by atoms with Crippen LogP contribution in [0.3, 0.4) is 0 Å². The normalized spacial score (nSPS) is 14.7. The molecule has 0 radical (unpaired) electrons. The molecular weight excluding hydrogens is 242 g/mol. The molecule has 1 heterocycles. The molecule has 0 aliphatic carbocycles. The van der Waals surface area contributed by atoms with Gasteiger partial charge in [0.2, 0.25) is 0 Å². The average Bonchev–Trinajstić information content (AvgIpc) is 2.77. The fraction of sp³-hybridized carbons (Fsp3) is 0.786. The molecule has 2 unspecified atom stereocenters. The number of aryl methyl sites for hydroxylation is 1. The Morgan fingerprint density at radius 1 is 1.44 bits per heavy atom. The molecular formula is C14H27N3S. The molecule has 18 heavy (non-hydrogen) atoms. The van der Waals surface area contributed by atoms with Crippen LogP contribution in [0.1, 0.15) is 39.4 Å². The summed E-state index contributed by atoms with van der Waals surface area (Å²) in [5.74, 6) is 2.34. The predicted octanol–water partition coefficient (Wildman–Crippen LogP) is 2.86. The summed E-state index contributed by atoms with van der Waals surface area (Å²) in [6.07, 6.45) is 7.35. The summed E-state index contributed by atoms with van der Waals surface area (Å²) in [5, 5.41) is 4.39. The van der Waals surface area contributed by atoms with Gasteiger partial charge in [0, 0.05) is 42.9 Å². The number of thioether (sulfide) groups is 1. The highest BCUT2D eigenvalue weighted by Crippen LogP contribution is 2.16. The molecule has 0 spiro atoms. The minimum Gasteiger partial charge on any atom is -0.338 e. The van der Waals surface area contributed by atoms with E-state index >= 15 is 0 Å². The Morgan fingerprint density at radius 3 is 2.78 bits per heavy atom. The van der Waals surface area contributed by atoms with Gasteiger partial charge in [-0.3, -0.25) is 0 Å². The summed E-state index contributed by atoms with van der Waals surface area (Å²) >= 11 is 2.06. The highest BCUT2D eigenvalue weighted by Gasteiger charge is 2.13. The molecule has 0 aromatic carbocycles. The maximum Gasteiger partial charge on any atom is 0.109 e. The zero-order chi connectivity index (χ0) is 13.4. The van der Waals surface area contributed by atoms with Crippen molar-refractivity contribution >= 4 is 11.8 Å². The molecule has 4 heteroatoms. The summed E-state index contributed by atoms with van der Waals surface area (Å²) in [7, 11) is 2.07. The van der Waals surface area contributed by atoms with Crippen molar-refractivity contribution in [1.82, 2.24) is 14.9 Å². The maximum absolute atomic E-state index is 4.42. The fourth-order valence-corrected chi connectivity index (χ4v) is 2.78. The zero-order valence-electron chi connectivity index (χ0n) is 12.1. The molecule has 1 rings (SSSR count). The van der Waals surface area contributed by atoms with E-state index in [1.165, 1.54) is 24.4 Å². The first-order valence-corrected chi connectivity index (χ1v) is 8.03. The molecule has 1 N–H and O–H groups in total. The summed E-state index contributed by atoms with van der Waals surface area (Å²) < 4.78 is 2.12. The Labute approximate surface area is 116 Å². The van der Waals surface area contributed by atoms with Crippen LogP contribution in [0.5, 0.6) is 0 Å². The van der Waals surface area contributed by atoms with E-state index < -0.39 is 0 Å². The van der Waals surface area contributed by atoms with Gasteiger partial charge in [-0.05, 0) is 19.4 Å². The number of aromatic nitrogens is 2. The lowest BCUT2D eigenvalue weighted by atomic mass is 10.2. The number of hydrogen-bond acceptors (Lipinski definition) is 3.